The van der Waals surface area contributed by atoms with Crippen LogP contribution < -0.4 is 4.90 Å². The Labute approximate surface area is 221 Å². The average molecular weight is 488 g/mol. The molecule has 0 radical (unpaired) electrons. The Bertz CT molecular complexity index is 1970. The summed E-state index contributed by atoms with van der Waals surface area (Å²) in [6.45, 7) is 2.07. The third-order valence-electron chi connectivity index (χ3n) is 7.15. The van der Waals surface area contributed by atoms with E-state index in [-0.39, 0.29) is 0 Å². The second-order valence-corrected chi connectivity index (χ2v) is 9.61. The van der Waals surface area contributed by atoms with Gasteiger partial charge in [0, 0.05) is 27.5 Å². The number of benzene rings is 5. The lowest BCUT2D eigenvalue weighted by atomic mass is 10.0. The fraction of sp³-hybridized carbons (Fsp3) is 0.0278. The summed E-state index contributed by atoms with van der Waals surface area (Å²) in [5.74, 6) is 0. The van der Waals surface area contributed by atoms with Gasteiger partial charge in [0.2, 0.25) is 0 Å². The quantitative estimate of drug-likeness (QED) is 0.230. The molecule has 1 aliphatic rings. The van der Waals surface area contributed by atoms with Gasteiger partial charge >= 0.3 is 0 Å². The third kappa shape index (κ3) is 3.85. The van der Waals surface area contributed by atoms with Gasteiger partial charge < -0.3 is 9.32 Å². The van der Waals surface area contributed by atoms with Gasteiger partial charge in [-0.2, -0.15) is 0 Å². The van der Waals surface area contributed by atoms with Crippen molar-refractivity contribution >= 4 is 44.1 Å². The second kappa shape index (κ2) is 9.12. The summed E-state index contributed by atoms with van der Waals surface area (Å²) in [6.07, 6.45) is 8.43. The molecule has 0 spiro atoms. The maximum absolute atomic E-state index is 6.07. The number of hydrogen-bond donors (Lipinski definition) is 0. The van der Waals surface area contributed by atoms with E-state index in [1.165, 1.54) is 10.8 Å². The molecule has 0 atom stereocenters. The summed E-state index contributed by atoms with van der Waals surface area (Å²) in [6, 6.07) is 38.5. The first-order valence-electron chi connectivity index (χ1n) is 12.9. The van der Waals surface area contributed by atoms with Crippen molar-refractivity contribution in [1.29, 1.82) is 0 Å². The van der Waals surface area contributed by atoms with Gasteiger partial charge in [-0.1, -0.05) is 72.8 Å². The Morgan fingerprint density at radius 1 is 0.632 bits per heavy atom. The zero-order chi connectivity index (χ0) is 25.5. The van der Waals surface area contributed by atoms with E-state index in [1.54, 1.807) is 0 Å². The molecule has 7 rings (SSSR count). The predicted octanol–water partition coefficient (Wildman–Crippen LogP) is 10.1. The van der Waals surface area contributed by atoms with Crippen molar-refractivity contribution in [1.82, 2.24) is 0 Å². The van der Waals surface area contributed by atoms with Gasteiger partial charge in [-0.15, -0.1) is 5.73 Å². The van der Waals surface area contributed by atoms with Crippen LogP contribution in [0.4, 0.5) is 11.4 Å². The van der Waals surface area contributed by atoms with Crippen molar-refractivity contribution in [3.63, 3.8) is 0 Å². The summed E-state index contributed by atoms with van der Waals surface area (Å²) in [4.78, 5) is 2.34. The highest BCUT2D eigenvalue weighted by molar-refractivity contribution is 6.06. The summed E-state index contributed by atoms with van der Waals surface area (Å²) >= 11 is 0. The van der Waals surface area contributed by atoms with Crippen molar-refractivity contribution in [2.24, 2.45) is 0 Å². The van der Waals surface area contributed by atoms with Gasteiger partial charge in [-0.3, -0.25) is 0 Å². The molecule has 38 heavy (non-hydrogen) atoms. The van der Waals surface area contributed by atoms with E-state index in [9.17, 15) is 0 Å². The standard InChI is InChI=1S/C36H25NO/c1-25-9-6-13-29(21-19-25)37(34-17-8-11-26-10-2-3-15-31(26)34)30-14-7-12-27(23-30)28-20-22-36-33(24-28)32-16-4-5-18-35(32)38-36/h2-8,10-24H,1H3. The van der Waals surface area contributed by atoms with Crippen LogP contribution in [0.5, 0.6) is 0 Å². The zero-order valence-electron chi connectivity index (χ0n) is 21.1. The Morgan fingerprint density at radius 2 is 1.39 bits per heavy atom. The minimum absolute atomic E-state index is 0.909. The normalized spacial score (nSPS) is 13.1. The van der Waals surface area contributed by atoms with E-state index in [0.29, 0.717) is 0 Å². The Hall–Kier alpha value is -5.04. The van der Waals surface area contributed by atoms with Crippen LogP contribution in [0.3, 0.4) is 0 Å². The lowest BCUT2D eigenvalue weighted by molar-refractivity contribution is 0.669. The molecule has 0 amide bonds. The molecule has 5 aromatic carbocycles. The molecule has 180 valence electrons. The van der Waals surface area contributed by atoms with E-state index in [0.717, 1.165) is 55.7 Å². The van der Waals surface area contributed by atoms with Crippen molar-refractivity contribution in [2.45, 2.75) is 6.92 Å². The Morgan fingerprint density at radius 3 is 2.34 bits per heavy atom. The first-order valence-corrected chi connectivity index (χ1v) is 12.9. The van der Waals surface area contributed by atoms with Gasteiger partial charge in [0.1, 0.15) is 11.2 Å². The van der Waals surface area contributed by atoms with Crippen LogP contribution in [-0.4, -0.2) is 0 Å². The average Bonchev–Trinajstić information content (AvgIpc) is 3.20. The molecule has 2 nitrogen and oxygen atoms in total. The van der Waals surface area contributed by atoms with Crippen LogP contribution >= 0.6 is 0 Å². The summed E-state index contributed by atoms with van der Waals surface area (Å²) in [7, 11) is 0. The van der Waals surface area contributed by atoms with Gasteiger partial charge in [0.15, 0.2) is 0 Å². The molecule has 0 unspecified atom stereocenters. The monoisotopic (exact) mass is 487 g/mol. The highest BCUT2D eigenvalue weighted by atomic mass is 16.3. The van der Waals surface area contributed by atoms with Crippen molar-refractivity contribution < 1.29 is 4.42 Å². The summed E-state index contributed by atoms with van der Waals surface area (Å²) < 4.78 is 6.07. The number of nitrogens with zero attached hydrogens (tertiary/aromatic N) is 1. The minimum Gasteiger partial charge on any atom is -0.456 e. The molecule has 0 saturated carbocycles. The molecule has 0 saturated heterocycles. The van der Waals surface area contributed by atoms with E-state index >= 15 is 0 Å². The van der Waals surface area contributed by atoms with E-state index in [4.69, 9.17) is 4.42 Å². The number of furan rings is 1. The SMILES string of the molecule is CC1=C=CC=C(N(c2cccc(-c3ccc4oc5ccccc5c4c3)c2)c2cccc3ccccc23)C=C1. The van der Waals surface area contributed by atoms with Gasteiger partial charge in [0.25, 0.3) is 0 Å². The second-order valence-electron chi connectivity index (χ2n) is 9.61. The van der Waals surface area contributed by atoms with Gasteiger partial charge in [-0.25, -0.2) is 0 Å². The Kier molecular flexibility index (Phi) is 5.32. The fourth-order valence-electron chi connectivity index (χ4n) is 5.28. The molecule has 0 N–H and O–H groups in total. The molecule has 0 fully saturated rings. The molecule has 1 aliphatic carbocycles. The maximum Gasteiger partial charge on any atom is 0.135 e. The third-order valence-corrected chi connectivity index (χ3v) is 7.15. The van der Waals surface area contributed by atoms with Crippen molar-refractivity contribution in [2.75, 3.05) is 4.90 Å². The van der Waals surface area contributed by atoms with Crippen LogP contribution in [0.25, 0.3) is 43.8 Å². The number of fused-ring (bicyclic) bond motifs is 4. The van der Waals surface area contributed by atoms with Crippen molar-refractivity contribution in [3.05, 3.63) is 151 Å². The van der Waals surface area contributed by atoms with E-state index in [1.807, 2.05) is 18.2 Å². The number of hydrogen-bond acceptors (Lipinski definition) is 2. The van der Waals surface area contributed by atoms with E-state index < -0.39 is 0 Å². The largest absolute Gasteiger partial charge is 0.456 e. The summed E-state index contributed by atoms with van der Waals surface area (Å²) in [5, 5.41) is 4.70. The fourth-order valence-corrected chi connectivity index (χ4v) is 5.28. The molecule has 0 aliphatic heterocycles. The van der Waals surface area contributed by atoms with Crippen LogP contribution in [0.2, 0.25) is 0 Å². The van der Waals surface area contributed by atoms with Crippen LogP contribution in [0, 0.1) is 0 Å². The van der Waals surface area contributed by atoms with Crippen LogP contribution in [0.15, 0.2) is 155 Å². The number of para-hydroxylation sites is 1. The summed E-state index contributed by atoms with van der Waals surface area (Å²) in [5.41, 5.74) is 11.9. The minimum atomic E-state index is 0.909. The first kappa shape index (κ1) is 22.2. The number of anilines is 2. The van der Waals surface area contributed by atoms with E-state index in [2.05, 4.69) is 133 Å². The smallest absolute Gasteiger partial charge is 0.135 e. The van der Waals surface area contributed by atoms with Gasteiger partial charge in [0.05, 0.1) is 5.69 Å². The van der Waals surface area contributed by atoms with Crippen molar-refractivity contribution in [3.8, 4) is 11.1 Å². The molecule has 1 aromatic heterocycles. The molecule has 6 aromatic rings. The molecular weight excluding hydrogens is 462 g/mol. The lowest BCUT2D eigenvalue weighted by Gasteiger charge is -2.28. The van der Waals surface area contributed by atoms with Gasteiger partial charge in [-0.05, 0) is 89.7 Å². The lowest BCUT2D eigenvalue weighted by Crippen LogP contribution is -2.15. The molecule has 2 heteroatoms. The predicted molar refractivity (Wildman–Crippen MR) is 160 cm³/mol. The zero-order valence-corrected chi connectivity index (χ0v) is 21.1. The number of allylic oxidation sites excluding steroid dienone is 4. The first-order chi connectivity index (χ1) is 18.7. The number of rotatable bonds is 4. The molecule has 1 heterocycles. The topological polar surface area (TPSA) is 16.4 Å². The maximum atomic E-state index is 6.07. The Balaban J connectivity index is 1.40. The van der Waals surface area contributed by atoms with Crippen LogP contribution in [0.1, 0.15) is 6.92 Å². The highest BCUT2D eigenvalue weighted by Crippen LogP contribution is 2.39. The molecule has 0 bridgehead atoms. The highest BCUT2D eigenvalue weighted by Gasteiger charge is 2.17. The van der Waals surface area contributed by atoms with Crippen LogP contribution in [-0.2, 0) is 0 Å². The molecular formula is C36H25NO.